The molecule has 0 aliphatic heterocycles. The van der Waals surface area contributed by atoms with Gasteiger partial charge in [0.25, 0.3) is 5.91 Å². The molecule has 0 bridgehead atoms. The zero-order valence-corrected chi connectivity index (χ0v) is 19.8. The summed E-state index contributed by atoms with van der Waals surface area (Å²) in [5, 5.41) is 2.72. The highest BCUT2D eigenvalue weighted by Crippen LogP contribution is 2.22. The number of amides is 2. The van der Waals surface area contributed by atoms with E-state index in [0.29, 0.717) is 18.7 Å². The third-order valence-corrected chi connectivity index (χ3v) is 6.09. The molecular weight excluding hydrogens is 468 g/mol. The number of likely N-dealkylation sites (N-methyl/N-ethyl adjacent to an activating group) is 1. The Balaban J connectivity index is 1.84. The predicted octanol–water partition coefficient (Wildman–Crippen LogP) is 4.52. The maximum Gasteiger partial charge on any atom is 0.261 e. The number of hydrogen-bond acceptors (Lipinski definition) is 3. The summed E-state index contributed by atoms with van der Waals surface area (Å²) in [4.78, 5) is 27.8. The van der Waals surface area contributed by atoms with Crippen molar-refractivity contribution in [2.24, 2.45) is 0 Å². The number of ether oxygens (including phenoxy) is 1. The molecule has 3 aromatic carbocycles. The van der Waals surface area contributed by atoms with Crippen LogP contribution in [-0.4, -0.2) is 36.4 Å². The fourth-order valence-corrected chi connectivity index (χ4v) is 3.68. The van der Waals surface area contributed by atoms with Crippen molar-refractivity contribution in [2.75, 3.05) is 13.7 Å². The van der Waals surface area contributed by atoms with E-state index in [1.54, 1.807) is 11.9 Å². The standard InChI is InChI=1S/C26H27BrN2O3/c1-19-15-22(13-14-23(19)27)32-18-25(30)29(17-21-11-7-4-8-12-21)24(26(31)28-2)16-20-9-5-3-6-10-20/h3-15,24H,16-18H2,1-2H3,(H,28,31)/t24-/m0/s1. The van der Waals surface area contributed by atoms with Gasteiger partial charge in [0.15, 0.2) is 6.61 Å². The normalized spacial score (nSPS) is 11.5. The number of rotatable bonds is 9. The van der Waals surface area contributed by atoms with Gasteiger partial charge in [-0.25, -0.2) is 0 Å². The lowest BCUT2D eigenvalue weighted by Crippen LogP contribution is -2.51. The van der Waals surface area contributed by atoms with Crippen molar-refractivity contribution in [2.45, 2.75) is 25.9 Å². The molecule has 0 aliphatic carbocycles. The first-order valence-corrected chi connectivity index (χ1v) is 11.2. The molecule has 0 saturated heterocycles. The molecule has 6 heteroatoms. The van der Waals surface area contributed by atoms with E-state index in [1.165, 1.54) is 0 Å². The van der Waals surface area contributed by atoms with Crippen molar-refractivity contribution in [3.63, 3.8) is 0 Å². The molecule has 0 radical (unpaired) electrons. The summed E-state index contributed by atoms with van der Waals surface area (Å²) in [6.45, 7) is 2.12. The van der Waals surface area contributed by atoms with Crippen LogP contribution < -0.4 is 10.1 Å². The Hall–Kier alpha value is -3.12. The van der Waals surface area contributed by atoms with Gasteiger partial charge in [-0.05, 0) is 41.8 Å². The number of hydrogen-bond donors (Lipinski definition) is 1. The molecule has 2 amide bonds. The number of nitrogens with one attached hydrogen (secondary N) is 1. The third-order valence-electron chi connectivity index (χ3n) is 5.20. The summed E-state index contributed by atoms with van der Waals surface area (Å²) in [6.07, 6.45) is 0.413. The van der Waals surface area contributed by atoms with Gasteiger partial charge in [0.1, 0.15) is 11.8 Å². The van der Waals surface area contributed by atoms with Crippen LogP contribution in [0, 0.1) is 6.92 Å². The number of nitrogens with zero attached hydrogens (tertiary/aromatic N) is 1. The largest absolute Gasteiger partial charge is 0.484 e. The van der Waals surface area contributed by atoms with Gasteiger partial charge in [0, 0.05) is 24.5 Å². The van der Waals surface area contributed by atoms with Crippen molar-refractivity contribution < 1.29 is 14.3 Å². The zero-order chi connectivity index (χ0) is 22.9. The first-order chi connectivity index (χ1) is 15.5. The van der Waals surface area contributed by atoms with Gasteiger partial charge in [0.2, 0.25) is 5.91 Å². The van der Waals surface area contributed by atoms with Crippen molar-refractivity contribution in [3.8, 4) is 5.75 Å². The maximum absolute atomic E-state index is 13.3. The lowest BCUT2D eigenvalue weighted by molar-refractivity contribution is -0.142. The Morgan fingerprint density at radius 2 is 1.59 bits per heavy atom. The van der Waals surface area contributed by atoms with Gasteiger partial charge in [-0.2, -0.15) is 0 Å². The van der Waals surface area contributed by atoms with Crippen LogP contribution in [-0.2, 0) is 22.6 Å². The van der Waals surface area contributed by atoms with Crippen LogP contribution in [0.1, 0.15) is 16.7 Å². The minimum absolute atomic E-state index is 0.157. The molecule has 3 aromatic rings. The van der Waals surface area contributed by atoms with Gasteiger partial charge in [-0.1, -0.05) is 76.6 Å². The predicted molar refractivity (Wildman–Crippen MR) is 129 cm³/mol. The molecular formula is C26H27BrN2O3. The summed E-state index contributed by atoms with van der Waals surface area (Å²) < 4.78 is 6.77. The molecule has 3 rings (SSSR count). The number of carbonyl (C=O) groups excluding carboxylic acids is 2. The fourth-order valence-electron chi connectivity index (χ4n) is 3.44. The van der Waals surface area contributed by atoms with E-state index in [2.05, 4.69) is 21.2 Å². The molecule has 0 heterocycles. The minimum Gasteiger partial charge on any atom is -0.484 e. The number of aryl methyl sites for hydroxylation is 1. The average molecular weight is 495 g/mol. The monoisotopic (exact) mass is 494 g/mol. The fraction of sp³-hybridized carbons (Fsp3) is 0.231. The zero-order valence-electron chi connectivity index (χ0n) is 18.3. The summed E-state index contributed by atoms with van der Waals surface area (Å²) in [5.41, 5.74) is 2.95. The second-order valence-electron chi connectivity index (χ2n) is 7.53. The second-order valence-corrected chi connectivity index (χ2v) is 8.38. The van der Waals surface area contributed by atoms with E-state index in [1.807, 2.05) is 85.8 Å². The van der Waals surface area contributed by atoms with E-state index < -0.39 is 6.04 Å². The molecule has 5 nitrogen and oxygen atoms in total. The first kappa shape index (κ1) is 23.5. The molecule has 166 valence electrons. The van der Waals surface area contributed by atoms with Crippen LogP contribution in [0.4, 0.5) is 0 Å². The Morgan fingerprint density at radius 3 is 2.19 bits per heavy atom. The Kier molecular flexibility index (Phi) is 8.45. The van der Waals surface area contributed by atoms with Crippen molar-refractivity contribution >= 4 is 27.7 Å². The summed E-state index contributed by atoms with van der Waals surface area (Å²) in [7, 11) is 1.59. The lowest BCUT2D eigenvalue weighted by Gasteiger charge is -2.31. The van der Waals surface area contributed by atoms with E-state index >= 15 is 0 Å². The van der Waals surface area contributed by atoms with E-state index in [9.17, 15) is 9.59 Å². The topological polar surface area (TPSA) is 58.6 Å². The first-order valence-electron chi connectivity index (χ1n) is 10.5. The molecule has 0 spiro atoms. The summed E-state index contributed by atoms with van der Waals surface area (Å²) in [5.74, 6) is 0.148. The smallest absolute Gasteiger partial charge is 0.261 e. The second kappa shape index (κ2) is 11.5. The maximum atomic E-state index is 13.3. The van der Waals surface area contributed by atoms with Gasteiger partial charge in [-0.15, -0.1) is 0 Å². The average Bonchev–Trinajstić information content (AvgIpc) is 2.82. The van der Waals surface area contributed by atoms with Gasteiger partial charge < -0.3 is 15.0 Å². The SMILES string of the molecule is CNC(=O)[C@H](Cc1ccccc1)N(Cc1ccccc1)C(=O)COc1ccc(Br)c(C)c1. The van der Waals surface area contributed by atoms with Crippen LogP contribution in [0.2, 0.25) is 0 Å². The van der Waals surface area contributed by atoms with Crippen LogP contribution >= 0.6 is 15.9 Å². The molecule has 0 unspecified atom stereocenters. The van der Waals surface area contributed by atoms with Crippen molar-refractivity contribution in [1.29, 1.82) is 0 Å². The molecule has 0 aromatic heterocycles. The van der Waals surface area contributed by atoms with E-state index in [0.717, 1.165) is 21.2 Å². The Labute approximate surface area is 197 Å². The number of benzene rings is 3. The van der Waals surface area contributed by atoms with Gasteiger partial charge in [0.05, 0.1) is 0 Å². The highest BCUT2D eigenvalue weighted by molar-refractivity contribution is 9.10. The molecule has 0 fully saturated rings. The van der Waals surface area contributed by atoms with Crippen LogP contribution in [0.5, 0.6) is 5.75 Å². The molecule has 1 atom stereocenters. The van der Waals surface area contributed by atoms with Crippen LogP contribution in [0.25, 0.3) is 0 Å². The van der Waals surface area contributed by atoms with Crippen LogP contribution in [0.15, 0.2) is 83.3 Å². The highest BCUT2D eigenvalue weighted by atomic mass is 79.9. The van der Waals surface area contributed by atoms with Gasteiger partial charge in [-0.3, -0.25) is 9.59 Å². The van der Waals surface area contributed by atoms with E-state index in [4.69, 9.17) is 4.74 Å². The van der Waals surface area contributed by atoms with Crippen molar-refractivity contribution in [3.05, 3.63) is 100 Å². The Morgan fingerprint density at radius 1 is 0.969 bits per heavy atom. The minimum atomic E-state index is -0.662. The number of carbonyl (C=O) groups is 2. The number of halogens is 1. The van der Waals surface area contributed by atoms with Crippen LogP contribution in [0.3, 0.4) is 0 Å². The highest BCUT2D eigenvalue weighted by Gasteiger charge is 2.30. The van der Waals surface area contributed by atoms with Crippen molar-refractivity contribution in [1.82, 2.24) is 10.2 Å². The molecule has 1 N–H and O–H groups in total. The quantitative estimate of drug-likeness (QED) is 0.475. The van der Waals surface area contributed by atoms with E-state index in [-0.39, 0.29) is 18.4 Å². The molecule has 0 aliphatic rings. The summed E-state index contributed by atoms with van der Waals surface area (Å²) >= 11 is 3.47. The Bertz CT molecular complexity index is 1040. The molecule has 0 saturated carbocycles. The third kappa shape index (κ3) is 6.44. The van der Waals surface area contributed by atoms with Gasteiger partial charge >= 0.3 is 0 Å². The lowest BCUT2D eigenvalue weighted by atomic mass is 10.0. The summed E-state index contributed by atoms with van der Waals surface area (Å²) in [6, 6.07) is 24.3. The molecule has 32 heavy (non-hydrogen) atoms.